The predicted molar refractivity (Wildman–Crippen MR) is 108 cm³/mol. The van der Waals surface area contributed by atoms with E-state index in [0.29, 0.717) is 6.61 Å². The predicted octanol–water partition coefficient (Wildman–Crippen LogP) is 5.21. The Labute approximate surface area is 165 Å². The van der Waals surface area contributed by atoms with Gasteiger partial charge >= 0.3 is 0 Å². The largest absolute Gasteiger partial charge is 0.488 e. The Morgan fingerprint density at radius 3 is 2.52 bits per heavy atom. The highest BCUT2D eigenvalue weighted by Gasteiger charge is 2.06. The molecule has 0 aliphatic carbocycles. The van der Waals surface area contributed by atoms with Crippen LogP contribution in [0.5, 0.6) is 0 Å². The van der Waals surface area contributed by atoms with Gasteiger partial charge in [0.1, 0.15) is 12.4 Å². The smallest absolute Gasteiger partial charge is 0.130 e. The first-order valence-electron chi connectivity index (χ1n) is 8.22. The minimum Gasteiger partial charge on any atom is -0.488 e. The molecule has 1 aliphatic rings. The van der Waals surface area contributed by atoms with Gasteiger partial charge in [-0.3, -0.25) is 4.98 Å². The average molecular weight is 464 g/mol. The Morgan fingerprint density at radius 2 is 1.88 bits per heavy atom. The van der Waals surface area contributed by atoms with E-state index in [4.69, 9.17) is 4.74 Å². The molecule has 0 bridgehead atoms. The van der Waals surface area contributed by atoms with Crippen molar-refractivity contribution in [3.8, 4) is 0 Å². The lowest BCUT2D eigenvalue weighted by atomic mass is 10.1. The molecular formula is C20H20Br2N2O. The zero-order valence-corrected chi connectivity index (χ0v) is 17.0. The third kappa shape index (κ3) is 5.72. The average Bonchev–Trinajstić information content (AvgIpc) is 2.67. The first-order chi connectivity index (χ1) is 12.2. The zero-order chi connectivity index (χ0) is 17.5. The summed E-state index contributed by atoms with van der Waals surface area (Å²) in [5, 5.41) is 0.908. The molecule has 0 fully saturated rings. The molecule has 25 heavy (non-hydrogen) atoms. The summed E-state index contributed by atoms with van der Waals surface area (Å²) in [5.41, 5.74) is 3.60. The number of nitrogens with zero attached hydrogens (tertiary/aromatic N) is 2. The summed E-state index contributed by atoms with van der Waals surface area (Å²) in [5.74, 6) is 0.905. The molecule has 3 rings (SSSR count). The van der Waals surface area contributed by atoms with Crippen molar-refractivity contribution in [1.29, 1.82) is 0 Å². The van der Waals surface area contributed by atoms with Crippen LogP contribution < -0.4 is 0 Å². The Hall–Kier alpha value is -1.59. The van der Waals surface area contributed by atoms with Gasteiger partial charge in [-0.1, -0.05) is 40.2 Å². The highest BCUT2D eigenvalue weighted by Crippen LogP contribution is 2.14. The van der Waals surface area contributed by atoms with Crippen molar-refractivity contribution < 1.29 is 4.74 Å². The summed E-state index contributed by atoms with van der Waals surface area (Å²) in [6.07, 6.45) is 9.08. The number of halogens is 2. The molecule has 0 amide bonds. The van der Waals surface area contributed by atoms with Crippen molar-refractivity contribution in [2.24, 2.45) is 0 Å². The van der Waals surface area contributed by atoms with Crippen LogP contribution in [0.25, 0.3) is 0 Å². The van der Waals surface area contributed by atoms with Crippen LogP contribution in [-0.4, -0.2) is 23.0 Å². The molecule has 1 aromatic carbocycles. The van der Waals surface area contributed by atoms with Crippen LogP contribution in [0.15, 0.2) is 71.2 Å². The van der Waals surface area contributed by atoms with E-state index >= 15 is 0 Å². The standard InChI is InChI=1S/C20H20Br2N2O/c21-13-17-3-1-16(2-4-17)7-10-24-11-8-20(9-12-24)25-15-19-6-5-18(22)14-23-19/h1-6,8-9,11,14H,7,10,12-13,15H2. The molecule has 130 valence electrons. The molecule has 5 heteroatoms. The molecule has 0 radical (unpaired) electrons. The van der Waals surface area contributed by atoms with Crippen LogP contribution in [0.4, 0.5) is 0 Å². The summed E-state index contributed by atoms with van der Waals surface area (Å²) >= 11 is 6.86. The minimum atomic E-state index is 0.489. The van der Waals surface area contributed by atoms with Gasteiger partial charge in [-0.2, -0.15) is 0 Å². The number of allylic oxidation sites excluding steroid dienone is 1. The number of pyridine rings is 1. The molecule has 2 heterocycles. The van der Waals surface area contributed by atoms with Gasteiger partial charge in [0.05, 0.1) is 5.69 Å². The second-order valence-corrected chi connectivity index (χ2v) is 7.35. The molecular weight excluding hydrogens is 444 g/mol. The van der Waals surface area contributed by atoms with Crippen LogP contribution >= 0.6 is 31.9 Å². The fraction of sp³-hybridized carbons (Fsp3) is 0.250. The molecule has 1 aromatic heterocycles. The van der Waals surface area contributed by atoms with E-state index in [9.17, 15) is 0 Å². The second-order valence-electron chi connectivity index (χ2n) is 5.87. The van der Waals surface area contributed by atoms with E-state index in [-0.39, 0.29) is 0 Å². The highest BCUT2D eigenvalue weighted by atomic mass is 79.9. The van der Waals surface area contributed by atoms with E-state index in [1.807, 2.05) is 18.2 Å². The van der Waals surface area contributed by atoms with E-state index in [2.05, 4.69) is 78.3 Å². The van der Waals surface area contributed by atoms with Crippen molar-refractivity contribution >= 4 is 31.9 Å². The number of hydrogen-bond donors (Lipinski definition) is 0. The van der Waals surface area contributed by atoms with E-state index in [1.54, 1.807) is 6.20 Å². The number of ether oxygens (including phenoxy) is 1. The molecule has 3 nitrogen and oxygen atoms in total. The second kappa shape index (κ2) is 9.20. The van der Waals surface area contributed by atoms with E-state index in [0.717, 1.165) is 40.8 Å². The summed E-state index contributed by atoms with van der Waals surface area (Å²) < 4.78 is 6.79. The van der Waals surface area contributed by atoms with Gasteiger partial charge in [0.2, 0.25) is 0 Å². The Bertz CT molecular complexity index is 739. The fourth-order valence-electron chi connectivity index (χ4n) is 2.50. The van der Waals surface area contributed by atoms with Crippen molar-refractivity contribution in [3.05, 3.63) is 88.0 Å². The zero-order valence-electron chi connectivity index (χ0n) is 13.9. The fourth-order valence-corrected chi connectivity index (χ4v) is 3.11. The van der Waals surface area contributed by atoms with Crippen LogP contribution in [0.2, 0.25) is 0 Å². The van der Waals surface area contributed by atoms with Gasteiger partial charge in [0.15, 0.2) is 0 Å². The SMILES string of the molecule is BrCc1ccc(CCN2C=CC(OCc3ccc(Br)cn3)=CC2)cc1. The summed E-state index contributed by atoms with van der Waals surface area (Å²) in [6, 6.07) is 12.7. The molecule has 0 saturated carbocycles. The van der Waals surface area contributed by atoms with Crippen molar-refractivity contribution in [2.45, 2.75) is 18.4 Å². The Morgan fingerprint density at radius 1 is 1.08 bits per heavy atom. The lowest BCUT2D eigenvalue weighted by Gasteiger charge is -2.22. The summed E-state index contributed by atoms with van der Waals surface area (Å²) in [7, 11) is 0. The quantitative estimate of drug-likeness (QED) is 0.527. The maximum absolute atomic E-state index is 5.81. The normalized spacial score (nSPS) is 13.7. The lowest BCUT2D eigenvalue weighted by Crippen LogP contribution is -2.23. The van der Waals surface area contributed by atoms with Gasteiger partial charge in [-0.05, 0) is 57.8 Å². The summed E-state index contributed by atoms with van der Waals surface area (Å²) in [6.45, 7) is 2.37. The van der Waals surface area contributed by atoms with Gasteiger partial charge in [-0.15, -0.1) is 0 Å². The van der Waals surface area contributed by atoms with Crippen LogP contribution in [0, 0.1) is 0 Å². The molecule has 0 N–H and O–H groups in total. The van der Waals surface area contributed by atoms with Crippen molar-refractivity contribution in [3.63, 3.8) is 0 Å². The number of rotatable bonds is 7. The number of hydrogen-bond acceptors (Lipinski definition) is 3. The van der Waals surface area contributed by atoms with E-state index in [1.165, 1.54) is 11.1 Å². The Balaban J connectivity index is 1.42. The monoisotopic (exact) mass is 462 g/mol. The lowest BCUT2D eigenvalue weighted by molar-refractivity contribution is 0.201. The minimum absolute atomic E-state index is 0.489. The maximum Gasteiger partial charge on any atom is 0.130 e. The molecule has 0 atom stereocenters. The molecule has 0 unspecified atom stereocenters. The molecule has 1 aliphatic heterocycles. The number of alkyl halides is 1. The van der Waals surface area contributed by atoms with Gasteiger partial charge in [0, 0.05) is 35.3 Å². The highest BCUT2D eigenvalue weighted by molar-refractivity contribution is 9.10. The molecule has 2 aromatic rings. The van der Waals surface area contributed by atoms with Crippen molar-refractivity contribution in [1.82, 2.24) is 9.88 Å². The number of benzene rings is 1. The molecule has 0 saturated heterocycles. The third-order valence-corrected chi connectivity index (χ3v) is 5.13. The van der Waals surface area contributed by atoms with Crippen LogP contribution in [-0.2, 0) is 23.1 Å². The van der Waals surface area contributed by atoms with Crippen LogP contribution in [0.1, 0.15) is 16.8 Å². The van der Waals surface area contributed by atoms with Crippen molar-refractivity contribution in [2.75, 3.05) is 13.1 Å². The first-order valence-corrected chi connectivity index (χ1v) is 10.1. The van der Waals surface area contributed by atoms with Crippen LogP contribution in [0.3, 0.4) is 0 Å². The first kappa shape index (κ1) is 18.2. The number of aromatic nitrogens is 1. The van der Waals surface area contributed by atoms with Gasteiger partial charge in [0.25, 0.3) is 0 Å². The maximum atomic E-state index is 5.81. The van der Waals surface area contributed by atoms with Gasteiger partial charge < -0.3 is 9.64 Å². The van der Waals surface area contributed by atoms with E-state index < -0.39 is 0 Å². The topological polar surface area (TPSA) is 25.4 Å². The Kier molecular flexibility index (Phi) is 6.70. The third-order valence-electron chi connectivity index (χ3n) is 4.02. The van der Waals surface area contributed by atoms with Gasteiger partial charge in [-0.25, -0.2) is 0 Å². The summed E-state index contributed by atoms with van der Waals surface area (Å²) in [4.78, 5) is 6.61. The molecule has 0 spiro atoms.